The van der Waals surface area contributed by atoms with Gasteiger partial charge in [-0.3, -0.25) is 4.79 Å². The summed E-state index contributed by atoms with van der Waals surface area (Å²) in [7, 11) is 0. The molecule has 2 aromatic rings. The smallest absolute Gasteiger partial charge is 0.137 e. The van der Waals surface area contributed by atoms with Gasteiger partial charge in [-0.15, -0.1) is 0 Å². The Bertz CT molecular complexity index is 557. The van der Waals surface area contributed by atoms with E-state index in [9.17, 15) is 4.79 Å². The van der Waals surface area contributed by atoms with Crippen LogP contribution >= 0.6 is 0 Å². The third-order valence-electron chi connectivity index (χ3n) is 3.80. The largest absolute Gasteiger partial charge is 0.299 e. The van der Waals surface area contributed by atoms with Crippen molar-refractivity contribution in [3.8, 4) is 0 Å². The number of ketones is 1. The molecular formula is C20H24O. The van der Waals surface area contributed by atoms with E-state index in [1.165, 1.54) is 16.7 Å². The second-order valence-electron chi connectivity index (χ2n) is 5.60. The summed E-state index contributed by atoms with van der Waals surface area (Å²) in [4.78, 5) is 12.1. The van der Waals surface area contributed by atoms with E-state index >= 15 is 0 Å². The average Bonchev–Trinajstić information content (AvgIpc) is 2.51. The van der Waals surface area contributed by atoms with Crippen LogP contribution in [0.15, 0.2) is 54.6 Å². The Morgan fingerprint density at radius 3 is 2.24 bits per heavy atom. The van der Waals surface area contributed by atoms with Gasteiger partial charge in [0.2, 0.25) is 0 Å². The minimum Gasteiger partial charge on any atom is -0.299 e. The summed E-state index contributed by atoms with van der Waals surface area (Å²) < 4.78 is 0. The highest BCUT2D eigenvalue weighted by Crippen LogP contribution is 2.16. The third-order valence-corrected chi connectivity index (χ3v) is 3.80. The Labute approximate surface area is 128 Å². The first-order valence-electron chi connectivity index (χ1n) is 7.92. The van der Waals surface area contributed by atoms with E-state index in [-0.39, 0.29) is 0 Å². The van der Waals surface area contributed by atoms with Crippen molar-refractivity contribution in [3.05, 3.63) is 71.3 Å². The van der Waals surface area contributed by atoms with Gasteiger partial charge in [-0.25, -0.2) is 0 Å². The Morgan fingerprint density at radius 1 is 0.857 bits per heavy atom. The van der Waals surface area contributed by atoms with Gasteiger partial charge in [0.15, 0.2) is 0 Å². The third kappa shape index (κ3) is 5.18. The molecule has 1 heteroatoms. The van der Waals surface area contributed by atoms with Gasteiger partial charge >= 0.3 is 0 Å². The van der Waals surface area contributed by atoms with Crippen LogP contribution in [0.5, 0.6) is 0 Å². The number of rotatable bonds is 8. The average molecular weight is 280 g/mol. The van der Waals surface area contributed by atoms with E-state index in [1.807, 2.05) is 12.1 Å². The summed E-state index contributed by atoms with van der Waals surface area (Å²) in [6, 6.07) is 18.8. The topological polar surface area (TPSA) is 17.1 Å². The van der Waals surface area contributed by atoms with Gasteiger partial charge in [0.1, 0.15) is 5.78 Å². The van der Waals surface area contributed by atoms with Crippen molar-refractivity contribution in [3.63, 3.8) is 0 Å². The SMILES string of the molecule is CCCCCC(=O)Cc1ccccc1Cc1ccccc1. The van der Waals surface area contributed by atoms with E-state index in [0.29, 0.717) is 18.6 Å². The minimum atomic E-state index is 0.365. The first kappa shape index (κ1) is 15.5. The molecule has 0 radical (unpaired) electrons. The summed E-state index contributed by atoms with van der Waals surface area (Å²) in [5, 5.41) is 0. The molecule has 0 spiro atoms. The predicted molar refractivity (Wildman–Crippen MR) is 88.5 cm³/mol. The Kier molecular flexibility index (Phi) is 6.21. The number of Topliss-reactive ketones (excluding diaryl/α,β-unsaturated/α-hetero) is 1. The summed E-state index contributed by atoms with van der Waals surface area (Å²) in [5.74, 6) is 0.365. The lowest BCUT2D eigenvalue weighted by Crippen LogP contribution is -2.05. The van der Waals surface area contributed by atoms with Crippen molar-refractivity contribution >= 4 is 5.78 Å². The Balaban J connectivity index is 2.01. The highest BCUT2D eigenvalue weighted by atomic mass is 16.1. The molecule has 1 nitrogen and oxygen atoms in total. The molecule has 0 aromatic heterocycles. The zero-order valence-corrected chi connectivity index (χ0v) is 12.8. The molecule has 110 valence electrons. The van der Waals surface area contributed by atoms with Crippen LogP contribution in [0.4, 0.5) is 0 Å². The van der Waals surface area contributed by atoms with Crippen LogP contribution in [0, 0.1) is 0 Å². The molecule has 0 aliphatic carbocycles. The van der Waals surface area contributed by atoms with Crippen molar-refractivity contribution in [2.75, 3.05) is 0 Å². The van der Waals surface area contributed by atoms with Gasteiger partial charge in [0.25, 0.3) is 0 Å². The molecule has 0 aliphatic rings. The fourth-order valence-electron chi connectivity index (χ4n) is 2.59. The number of carbonyl (C=O) groups is 1. The van der Waals surface area contributed by atoms with Crippen LogP contribution in [0.1, 0.15) is 49.3 Å². The molecule has 0 heterocycles. The number of carbonyl (C=O) groups excluding carboxylic acids is 1. The second-order valence-corrected chi connectivity index (χ2v) is 5.60. The molecule has 0 amide bonds. The number of unbranched alkanes of at least 4 members (excludes halogenated alkanes) is 2. The van der Waals surface area contributed by atoms with Crippen LogP contribution in [-0.4, -0.2) is 5.78 Å². The van der Waals surface area contributed by atoms with Crippen LogP contribution in [0.25, 0.3) is 0 Å². The molecule has 2 aromatic carbocycles. The van der Waals surface area contributed by atoms with Crippen LogP contribution < -0.4 is 0 Å². The van der Waals surface area contributed by atoms with E-state index in [2.05, 4.69) is 49.4 Å². The van der Waals surface area contributed by atoms with Crippen molar-refractivity contribution in [1.82, 2.24) is 0 Å². The number of benzene rings is 2. The van der Waals surface area contributed by atoms with Gasteiger partial charge in [0, 0.05) is 12.8 Å². The lowest BCUT2D eigenvalue weighted by Gasteiger charge is -2.09. The zero-order chi connectivity index (χ0) is 14.9. The van der Waals surface area contributed by atoms with Crippen LogP contribution in [0.3, 0.4) is 0 Å². The van der Waals surface area contributed by atoms with E-state index < -0.39 is 0 Å². The molecule has 2 rings (SSSR count). The fraction of sp³-hybridized carbons (Fsp3) is 0.350. The quantitative estimate of drug-likeness (QED) is 0.624. The van der Waals surface area contributed by atoms with Crippen LogP contribution in [-0.2, 0) is 17.6 Å². The predicted octanol–water partition coefficient (Wildman–Crippen LogP) is 4.97. The van der Waals surface area contributed by atoms with Gasteiger partial charge < -0.3 is 0 Å². The van der Waals surface area contributed by atoms with Crippen molar-refractivity contribution in [2.45, 2.75) is 45.4 Å². The number of hydrogen-bond donors (Lipinski definition) is 0. The highest BCUT2D eigenvalue weighted by Gasteiger charge is 2.08. The molecule has 0 atom stereocenters. The molecule has 0 N–H and O–H groups in total. The molecule has 0 saturated heterocycles. The maximum atomic E-state index is 12.1. The van der Waals surface area contributed by atoms with Crippen molar-refractivity contribution in [1.29, 1.82) is 0 Å². The molecule has 21 heavy (non-hydrogen) atoms. The van der Waals surface area contributed by atoms with Crippen molar-refractivity contribution < 1.29 is 4.79 Å². The monoisotopic (exact) mass is 280 g/mol. The molecule has 0 unspecified atom stereocenters. The standard InChI is InChI=1S/C20H24O/c1-2-3-5-14-20(21)16-19-13-9-8-12-18(19)15-17-10-6-4-7-11-17/h4,6-13H,2-3,5,14-16H2,1H3. The lowest BCUT2D eigenvalue weighted by molar-refractivity contribution is -0.118. The van der Waals surface area contributed by atoms with E-state index in [1.54, 1.807) is 0 Å². The van der Waals surface area contributed by atoms with E-state index in [4.69, 9.17) is 0 Å². The zero-order valence-electron chi connectivity index (χ0n) is 12.8. The Hall–Kier alpha value is -1.89. The maximum Gasteiger partial charge on any atom is 0.137 e. The van der Waals surface area contributed by atoms with Gasteiger partial charge in [-0.2, -0.15) is 0 Å². The Morgan fingerprint density at radius 2 is 1.52 bits per heavy atom. The molecular weight excluding hydrogens is 256 g/mol. The van der Waals surface area contributed by atoms with Gasteiger partial charge in [-0.05, 0) is 29.5 Å². The summed E-state index contributed by atoms with van der Waals surface area (Å²) in [6.45, 7) is 2.17. The van der Waals surface area contributed by atoms with Crippen LogP contribution in [0.2, 0.25) is 0 Å². The van der Waals surface area contributed by atoms with E-state index in [0.717, 1.165) is 25.7 Å². The summed E-state index contributed by atoms with van der Waals surface area (Å²) in [5.41, 5.74) is 3.75. The van der Waals surface area contributed by atoms with Crippen molar-refractivity contribution in [2.24, 2.45) is 0 Å². The van der Waals surface area contributed by atoms with Gasteiger partial charge in [0.05, 0.1) is 0 Å². The lowest BCUT2D eigenvalue weighted by atomic mass is 9.95. The molecule has 0 saturated carbocycles. The summed E-state index contributed by atoms with van der Waals surface area (Å²) >= 11 is 0. The highest BCUT2D eigenvalue weighted by molar-refractivity contribution is 5.81. The molecule has 0 bridgehead atoms. The first-order valence-corrected chi connectivity index (χ1v) is 7.92. The maximum absolute atomic E-state index is 12.1. The first-order chi connectivity index (χ1) is 10.3. The minimum absolute atomic E-state index is 0.365. The fourth-order valence-corrected chi connectivity index (χ4v) is 2.59. The number of hydrogen-bond acceptors (Lipinski definition) is 1. The normalized spacial score (nSPS) is 10.5. The van der Waals surface area contributed by atoms with Gasteiger partial charge in [-0.1, -0.05) is 74.4 Å². The second kappa shape index (κ2) is 8.41. The molecule has 0 aliphatic heterocycles. The molecule has 0 fully saturated rings. The summed E-state index contributed by atoms with van der Waals surface area (Å²) in [6.07, 6.45) is 5.53.